The van der Waals surface area contributed by atoms with E-state index in [1.165, 1.54) is 0 Å². The van der Waals surface area contributed by atoms with Crippen LogP contribution in [0.3, 0.4) is 0 Å². The lowest BCUT2D eigenvalue weighted by molar-refractivity contribution is 0.770. The van der Waals surface area contributed by atoms with Gasteiger partial charge in [-0.2, -0.15) is 0 Å². The summed E-state index contributed by atoms with van der Waals surface area (Å²) in [4.78, 5) is 0. The molecule has 0 saturated carbocycles. The molecule has 0 aliphatic carbocycles. The summed E-state index contributed by atoms with van der Waals surface area (Å²) in [6.07, 6.45) is 2.11. The topological polar surface area (TPSA) is 26.0 Å². The molecule has 0 aliphatic heterocycles. The highest BCUT2D eigenvalue weighted by Gasteiger charge is 2.05. The number of hydrogen-bond acceptors (Lipinski definition) is 1. The van der Waals surface area contributed by atoms with Crippen LogP contribution in [-0.2, 0) is 0 Å². The van der Waals surface area contributed by atoms with Gasteiger partial charge < -0.3 is 5.73 Å². The monoisotopic (exact) mass is 183 g/mol. The van der Waals surface area contributed by atoms with Crippen molar-refractivity contribution in [3.05, 3.63) is 29.8 Å². The molecule has 1 atom stereocenters. The van der Waals surface area contributed by atoms with Crippen molar-refractivity contribution in [2.24, 2.45) is 0 Å². The molecule has 0 bridgehead atoms. The quantitative estimate of drug-likeness (QED) is 0.565. The van der Waals surface area contributed by atoms with E-state index in [9.17, 15) is 0 Å². The molecule has 1 aromatic carbocycles. The van der Waals surface area contributed by atoms with Crippen LogP contribution in [0.25, 0.3) is 0 Å². The molecule has 1 nitrogen and oxygen atoms in total. The first-order chi connectivity index (χ1) is 5.74. The molecule has 0 fully saturated rings. The second kappa shape index (κ2) is 4.36. The van der Waals surface area contributed by atoms with Gasteiger partial charge in [0, 0.05) is 5.69 Å². The van der Waals surface area contributed by atoms with Crippen molar-refractivity contribution in [2.45, 2.75) is 25.1 Å². The number of hydrogen-bond donors (Lipinski definition) is 1. The lowest BCUT2D eigenvalue weighted by Crippen LogP contribution is -1.92. The molecule has 1 unspecified atom stereocenters. The van der Waals surface area contributed by atoms with Crippen LogP contribution >= 0.6 is 11.6 Å². The molecule has 1 aromatic rings. The van der Waals surface area contributed by atoms with E-state index < -0.39 is 0 Å². The largest absolute Gasteiger partial charge is 0.399 e. The van der Waals surface area contributed by atoms with Gasteiger partial charge in [-0.15, -0.1) is 11.6 Å². The average Bonchev–Trinajstić information content (AvgIpc) is 2.05. The summed E-state index contributed by atoms with van der Waals surface area (Å²) in [5.41, 5.74) is 7.54. The lowest BCUT2D eigenvalue weighted by Gasteiger charge is -2.08. The normalized spacial score (nSPS) is 12.8. The SMILES string of the molecule is CCCC(Cl)c1cccc(N)c1. The van der Waals surface area contributed by atoms with Gasteiger partial charge in [-0.05, 0) is 24.1 Å². The van der Waals surface area contributed by atoms with Crippen LogP contribution in [0, 0.1) is 0 Å². The molecule has 66 valence electrons. The predicted molar refractivity (Wildman–Crippen MR) is 54.4 cm³/mol. The fourth-order valence-corrected chi connectivity index (χ4v) is 1.53. The first-order valence-electron chi connectivity index (χ1n) is 4.23. The first kappa shape index (κ1) is 9.40. The second-order valence-corrected chi connectivity index (χ2v) is 3.45. The Morgan fingerprint density at radius 2 is 2.25 bits per heavy atom. The van der Waals surface area contributed by atoms with E-state index in [0.717, 1.165) is 24.1 Å². The van der Waals surface area contributed by atoms with E-state index in [4.69, 9.17) is 17.3 Å². The average molecular weight is 184 g/mol. The molecule has 0 saturated heterocycles. The summed E-state index contributed by atoms with van der Waals surface area (Å²) in [6.45, 7) is 2.13. The first-order valence-corrected chi connectivity index (χ1v) is 4.67. The Balaban J connectivity index is 2.73. The van der Waals surface area contributed by atoms with Crippen LogP contribution in [0.15, 0.2) is 24.3 Å². The third-order valence-electron chi connectivity index (χ3n) is 1.81. The summed E-state index contributed by atoms with van der Waals surface area (Å²) >= 11 is 6.12. The molecule has 2 heteroatoms. The summed E-state index contributed by atoms with van der Waals surface area (Å²) < 4.78 is 0. The number of halogens is 1. The van der Waals surface area contributed by atoms with Crippen molar-refractivity contribution in [3.8, 4) is 0 Å². The van der Waals surface area contributed by atoms with Crippen molar-refractivity contribution in [1.82, 2.24) is 0 Å². The summed E-state index contributed by atoms with van der Waals surface area (Å²) in [6, 6.07) is 7.77. The van der Waals surface area contributed by atoms with Gasteiger partial charge in [0.1, 0.15) is 0 Å². The Bertz CT molecular complexity index is 247. The summed E-state index contributed by atoms with van der Waals surface area (Å²) in [5, 5.41) is 0.110. The molecule has 1 rings (SSSR count). The van der Waals surface area contributed by atoms with Crippen molar-refractivity contribution < 1.29 is 0 Å². The van der Waals surface area contributed by atoms with Gasteiger partial charge in [-0.25, -0.2) is 0 Å². The van der Waals surface area contributed by atoms with Gasteiger partial charge in [0.2, 0.25) is 0 Å². The fraction of sp³-hybridized carbons (Fsp3) is 0.400. The molecule has 2 N–H and O–H groups in total. The third kappa shape index (κ3) is 2.42. The Morgan fingerprint density at radius 1 is 1.50 bits per heavy atom. The van der Waals surface area contributed by atoms with E-state index in [-0.39, 0.29) is 5.38 Å². The Hall–Kier alpha value is -0.690. The minimum absolute atomic E-state index is 0.110. The van der Waals surface area contributed by atoms with Gasteiger partial charge in [0.25, 0.3) is 0 Å². The van der Waals surface area contributed by atoms with Crippen molar-refractivity contribution >= 4 is 17.3 Å². The van der Waals surface area contributed by atoms with Crippen molar-refractivity contribution in [3.63, 3.8) is 0 Å². The zero-order valence-corrected chi connectivity index (χ0v) is 8.01. The predicted octanol–water partition coefficient (Wildman–Crippen LogP) is 3.35. The molecule has 0 heterocycles. The van der Waals surface area contributed by atoms with Crippen LogP contribution < -0.4 is 5.73 Å². The molecule has 0 aromatic heterocycles. The number of alkyl halides is 1. The highest BCUT2D eigenvalue weighted by atomic mass is 35.5. The minimum Gasteiger partial charge on any atom is -0.399 e. The van der Waals surface area contributed by atoms with Crippen molar-refractivity contribution in [2.75, 3.05) is 5.73 Å². The number of benzene rings is 1. The number of rotatable bonds is 3. The van der Waals surface area contributed by atoms with Gasteiger partial charge in [0.05, 0.1) is 5.38 Å². The highest BCUT2D eigenvalue weighted by molar-refractivity contribution is 6.20. The van der Waals surface area contributed by atoms with Crippen LogP contribution in [-0.4, -0.2) is 0 Å². The van der Waals surface area contributed by atoms with Crippen molar-refractivity contribution in [1.29, 1.82) is 0 Å². The molecule has 12 heavy (non-hydrogen) atoms. The maximum absolute atomic E-state index is 6.12. The lowest BCUT2D eigenvalue weighted by atomic mass is 10.1. The van der Waals surface area contributed by atoms with E-state index in [1.54, 1.807) is 0 Å². The van der Waals surface area contributed by atoms with Crippen LogP contribution in [0.2, 0.25) is 0 Å². The zero-order chi connectivity index (χ0) is 8.97. The molecular weight excluding hydrogens is 170 g/mol. The summed E-state index contributed by atoms with van der Waals surface area (Å²) in [7, 11) is 0. The molecular formula is C10H14ClN. The van der Waals surface area contributed by atoms with E-state index in [0.29, 0.717) is 0 Å². The zero-order valence-electron chi connectivity index (χ0n) is 7.26. The van der Waals surface area contributed by atoms with E-state index in [2.05, 4.69) is 6.92 Å². The number of anilines is 1. The molecule has 0 radical (unpaired) electrons. The van der Waals surface area contributed by atoms with Gasteiger partial charge in [-0.3, -0.25) is 0 Å². The smallest absolute Gasteiger partial charge is 0.0585 e. The molecule has 0 spiro atoms. The van der Waals surface area contributed by atoms with Gasteiger partial charge in [0.15, 0.2) is 0 Å². The Labute approximate surface area is 78.5 Å². The fourth-order valence-electron chi connectivity index (χ4n) is 1.17. The third-order valence-corrected chi connectivity index (χ3v) is 2.28. The van der Waals surface area contributed by atoms with Crippen LogP contribution in [0.5, 0.6) is 0 Å². The number of nitrogen functional groups attached to an aromatic ring is 1. The number of nitrogens with two attached hydrogens (primary N) is 1. The van der Waals surface area contributed by atoms with E-state index >= 15 is 0 Å². The molecule has 0 aliphatic rings. The van der Waals surface area contributed by atoms with E-state index in [1.807, 2.05) is 24.3 Å². The Morgan fingerprint density at radius 3 is 2.83 bits per heavy atom. The molecule has 0 amide bonds. The van der Waals surface area contributed by atoms with Gasteiger partial charge >= 0.3 is 0 Å². The van der Waals surface area contributed by atoms with Crippen LogP contribution in [0.4, 0.5) is 5.69 Å². The van der Waals surface area contributed by atoms with Crippen LogP contribution in [0.1, 0.15) is 30.7 Å². The minimum atomic E-state index is 0.110. The van der Waals surface area contributed by atoms with Gasteiger partial charge in [-0.1, -0.05) is 25.5 Å². The maximum atomic E-state index is 6.12. The second-order valence-electron chi connectivity index (χ2n) is 2.93. The highest BCUT2D eigenvalue weighted by Crippen LogP contribution is 2.26. The maximum Gasteiger partial charge on any atom is 0.0585 e. The standard InChI is InChI=1S/C10H14ClN/c1-2-4-10(11)8-5-3-6-9(12)7-8/h3,5-7,10H,2,4,12H2,1H3. The Kier molecular flexibility index (Phi) is 3.42. The summed E-state index contributed by atoms with van der Waals surface area (Å²) in [5.74, 6) is 0.